The average molecular weight is 396 g/mol. The van der Waals surface area contributed by atoms with Gasteiger partial charge in [-0.1, -0.05) is 24.3 Å². The molecule has 0 bridgehead atoms. The molecule has 4 rings (SSSR count). The maximum Gasteiger partial charge on any atom is 0.317 e. The van der Waals surface area contributed by atoms with Crippen LogP contribution in [0.15, 0.2) is 42.5 Å². The number of fused-ring (bicyclic) bond motifs is 1. The highest BCUT2D eigenvalue weighted by Gasteiger charge is 2.21. The van der Waals surface area contributed by atoms with Gasteiger partial charge in [0.15, 0.2) is 0 Å². The highest BCUT2D eigenvalue weighted by Crippen LogP contribution is 2.26. The molecule has 2 aliphatic rings. The van der Waals surface area contributed by atoms with Gasteiger partial charge in [-0.25, -0.2) is 4.79 Å². The summed E-state index contributed by atoms with van der Waals surface area (Å²) in [5.74, 6) is 1.88. The molecule has 6 nitrogen and oxygen atoms in total. The summed E-state index contributed by atoms with van der Waals surface area (Å²) in [5.41, 5.74) is 3.83. The van der Waals surface area contributed by atoms with E-state index >= 15 is 0 Å². The largest absolute Gasteiger partial charge is 0.497 e. The van der Waals surface area contributed by atoms with Gasteiger partial charge in [0.05, 0.1) is 13.7 Å². The zero-order chi connectivity index (χ0) is 20.1. The first kappa shape index (κ1) is 19.6. The quantitative estimate of drug-likeness (QED) is 0.817. The number of carbonyl (C=O) groups is 1. The molecule has 2 heterocycles. The number of piperazine rings is 1. The van der Waals surface area contributed by atoms with Gasteiger partial charge < -0.3 is 19.7 Å². The van der Waals surface area contributed by atoms with Gasteiger partial charge in [0, 0.05) is 45.7 Å². The molecule has 2 aromatic carbocycles. The minimum absolute atomic E-state index is 0.0350. The van der Waals surface area contributed by atoms with Crippen LogP contribution in [0.4, 0.5) is 4.79 Å². The molecule has 2 aliphatic heterocycles. The van der Waals surface area contributed by atoms with E-state index in [1.807, 2.05) is 29.2 Å². The summed E-state index contributed by atoms with van der Waals surface area (Å²) in [6.45, 7) is 5.71. The van der Waals surface area contributed by atoms with Gasteiger partial charge >= 0.3 is 6.03 Å². The number of carbonyl (C=O) groups excluding carboxylic acids is 1. The smallest absolute Gasteiger partial charge is 0.317 e. The van der Waals surface area contributed by atoms with Gasteiger partial charge in [-0.15, -0.1) is 0 Å². The Balaban J connectivity index is 1.18. The van der Waals surface area contributed by atoms with Crippen LogP contribution in [0.1, 0.15) is 16.7 Å². The lowest BCUT2D eigenvalue weighted by Gasteiger charge is -2.34. The second-order valence-corrected chi connectivity index (χ2v) is 7.63. The molecule has 0 spiro atoms. The standard InChI is InChI=1S/C23H29N3O3/c1-28-21-5-2-18(3-6-21)8-10-24-23(27)26-13-11-25(12-14-26)17-19-4-7-22-20(16-19)9-15-29-22/h2-7,16H,8-15,17H2,1H3,(H,24,27). The van der Waals surface area contributed by atoms with E-state index in [1.165, 1.54) is 16.7 Å². The van der Waals surface area contributed by atoms with Crippen molar-refractivity contribution >= 4 is 6.03 Å². The van der Waals surface area contributed by atoms with Crippen LogP contribution in [0, 0.1) is 0 Å². The van der Waals surface area contributed by atoms with Crippen LogP contribution in [-0.2, 0) is 19.4 Å². The van der Waals surface area contributed by atoms with Gasteiger partial charge in [-0.2, -0.15) is 0 Å². The molecule has 29 heavy (non-hydrogen) atoms. The molecular weight excluding hydrogens is 366 g/mol. The van der Waals surface area contributed by atoms with E-state index in [1.54, 1.807) is 7.11 Å². The van der Waals surface area contributed by atoms with E-state index in [4.69, 9.17) is 9.47 Å². The van der Waals surface area contributed by atoms with E-state index in [9.17, 15) is 4.79 Å². The van der Waals surface area contributed by atoms with Gasteiger partial charge in [0.1, 0.15) is 11.5 Å². The predicted molar refractivity (Wildman–Crippen MR) is 113 cm³/mol. The fraction of sp³-hybridized carbons (Fsp3) is 0.435. The Labute approximate surface area is 172 Å². The van der Waals surface area contributed by atoms with Gasteiger partial charge in [-0.3, -0.25) is 4.90 Å². The fourth-order valence-corrected chi connectivity index (χ4v) is 3.92. The molecule has 0 radical (unpaired) electrons. The Hall–Kier alpha value is -2.73. The summed E-state index contributed by atoms with van der Waals surface area (Å²) in [5, 5.41) is 3.05. The van der Waals surface area contributed by atoms with E-state index in [0.717, 1.165) is 63.7 Å². The van der Waals surface area contributed by atoms with Crippen LogP contribution < -0.4 is 14.8 Å². The Morgan fingerprint density at radius 1 is 1.07 bits per heavy atom. The third-order valence-corrected chi connectivity index (χ3v) is 5.67. The van der Waals surface area contributed by atoms with Crippen LogP contribution in [0.25, 0.3) is 0 Å². The van der Waals surface area contributed by atoms with Crippen LogP contribution >= 0.6 is 0 Å². The molecule has 2 amide bonds. The van der Waals surface area contributed by atoms with Gasteiger partial charge in [-0.05, 0) is 41.3 Å². The molecule has 1 fully saturated rings. The molecule has 2 aromatic rings. The topological polar surface area (TPSA) is 54.0 Å². The van der Waals surface area contributed by atoms with Crippen LogP contribution in [-0.4, -0.2) is 62.3 Å². The van der Waals surface area contributed by atoms with Gasteiger partial charge in [0.25, 0.3) is 0 Å². The number of hydrogen-bond acceptors (Lipinski definition) is 4. The van der Waals surface area contributed by atoms with Crippen molar-refractivity contribution in [2.45, 2.75) is 19.4 Å². The summed E-state index contributed by atoms with van der Waals surface area (Å²) >= 11 is 0. The minimum Gasteiger partial charge on any atom is -0.497 e. The van der Waals surface area contributed by atoms with Crippen molar-refractivity contribution < 1.29 is 14.3 Å². The molecule has 0 atom stereocenters. The lowest BCUT2D eigenvalue weighted by Crippen LogP contribution is -2.51. The summed E-state index contributed by atoms with van der Waals surface area (Å²) in [7, 11) is 1.66. The van der Waals surface area contributed by atoms with Crippen LogP contribution in [0.3, 0.4) is 0 Å². The van der Waals surface area contributed by atoms with Crippen molar-refractivity contribution in [3.8, 4) is 11.5 Å². The average Bonchev–Trinajstić information content (AvgIpc) is 3.22. The Kier molecular flexibility index (Phi) is 6.20. The maximum atomic E-state index is 12.4. The number of ether oxygens (including phenoxy) is 2. The first-order valence-corrected chi connectivity index (χ1v) is 10.3. The molecule has 0 saturated carbocycles. The van der Waals surface area contributed by atoms with E-state index < -0.39 is 0 Å². The third kappa shape index (κ3) is 5.01. The van der Waals surface area contributed by atoms with Crippen LogP contribution in [0.5, 0.6) is 11.5 Å². The molecule has 1 N–H and O–H groups in total. The predicted octanol–water partition coefficient (Wildman–Crippen LogP) is 2.70. The SMILES string of the molecule is COc1ccc(CCNC(=O)N2CCN(Cc3ccc4c(c3)CCO4)CC2)cc1. The number of methoxy groups -OCH3 is 1. The number of amides is 2. The monoisotopic (exact) mass is 395 g/mol. The molecule has 0 unspecified atom stereocenters. The summed E-state index contributed by atoms with van der Waals surface area (Å²) < 4.78 is 10.8. The van der Waals surface area contributed by atoms with E-state index in [-0.39, 0.29) is 6.03 Å². The normalized spacial score (nSPS) is 16.2. The zero-order valence-corrected chi connectivity index (χ0v) is 17.0. The summed E-state index contributed by atoms with van der Waals surface area (Å²) in [4.78, 5) is 16.8. The maximum absolute atomic E-state index is 12.4. The lowest BCUT2D eigenvalue weighted by molar-refractivity contribution is 0.135. The van der Waals surface area contributed by atoms with Crippen molar-refractivity contribution in [3.63, 3.8) is 0 Å². The number of nitrogens with one attached hydrogen (secondary N) is 1. The van der Waals surface area contributed by atoms with Crippen molar-refractivity contribution in [1.29, 1.82) is 0 Å². The van der Waals surface area contributed by atoms with Crippen molar-refractivity contribution in [2.24, 2.45) is 0 Å². The van der Waals surface area contributed by atoms with Gasteiger partial charge in [0.2, 0.25) is 0 Å². The van der Waals surface area contributed by atoms with E-state index in [2.05, 4.69) is 28.4 Å². The highest BCUT2D eigenvalue weighted by atomic mass is 16.5. The molecule has 1 saturated heterocycles. The van der Waals surface area contributed by atoms with Crippen LogP contribution in [0.2, 0.25) is 0 Å². The summed E-state index contributed by atoms with van der Waals surface area (Å²) in [6, 6.07) is 14.5. The first-order chi connectivity index (χ1) is 14.2. The highest BCUT2D eigenvalue weighted by molar-refractivity contribution is 5.74. The Morgan fingerprint density at radius 3 is 2.59 bits per heavy atom. The second kappa shape index (κ2) is 9.18. The van der Waals surface area contributed by atoms with Crippen molar-refractivity contribution in [2.75, 3.05) is 46.4 Å². The minimum atomic E-state index is 0.0350. The Bertz CT molecular complexity index is 830. The number of hydrogen-bond donors (Lipinski definition) is 1. The summed E-state index contributed by atoms with van der Waals surface area (Å²) in [6.07, 6.45) is 1.82. The zero-order valence-electron chi connectivity index (χ0n) is 17.0. The number of urea groups is 1. The fourth-order valence-electron chi connectivity index (χ4n) is 3.92. The van der Waals surface area contributed by atoms with Crippen molar-refractivity contribution in [3.05, 3.63) is 59.2 Å². The molecule has 0 aliphatic carbocycles. The molecule has 154 valence electrons. The number of rotatable bonds is 6. The second-order valence-electron chi connectivity index (χ2n) is 7.63. The first-order valence-electron chi connectivity index (χ1n) is 10.3. The van der Waals surface area contributed by atoms with E-state index in [0.29, 0.717) is 6.54 Å². The number of benzene rings is 2. The third-order valence-electron chi connectivity index (χ3n) is 5.67. The Morgan fingerprint density at radius 2 is 1.83 bits per heavy atom. The number of nitrogens with zero attached hydrogens (tertiary/aromatic N) is 2. The lowest BCUT2D eigenvalue weighted by atomic mass is 10.1. The van der Waals surface area contributed by atoms with Crippen molar-refractivity contribution in [1.82, 2.24) is 15.1 Å². The molecule has 0 aromatic heterocycles. The molecule has 6 heteroatoms. The molecular formula is C23H29N3O3.